The summed E-state index contributed by atoms with van der Waals surface area (Å²) in [4.78, 5) is 11.8. The lowest BCUT2D eigenvalue weighted by molar-refractivity contribution is 0.0988. The third-order valence-corrected chi connectivity index (χ3v) is 3.91. The van der Waals surface area contributed by atoms with Crippen LogP contribution in [0.2, 0.25) is 0 Å². The average molecular weight is 230 g/mol. The van der Waals surface area contributed by atoms with E-state index in [4.69, 9.17) is 0 Å². The van der Waals surface area contributed by atoms with Crippen molar-refractivity contribution in [2.24, 2.45) is 5.92 Å². The van der Waals surface area contributed by atoms with Gasteiger partial charge in [0.15, 0.2) is 5.78 Å². The van der Waals surface area contributed by atoms with Crippen LogP contribution in [0.4, 0.5) is 0 Å². The first-order valence-corrected chi connectivity index (χ1v) is 6.60. The van der Waals surface area contributed by atoms with Gasteiger partial charge in [-0.05, 0) is 41.4 Å². The molecule has 0 N–H and O–H groups in total. The summed E-state index contributed by atoms with van der Waals surface area (Å²) < 4.78 is 0. The number of Topliss-reactive ketones (excluding diaryl/α,β-unsaturated/α-hetero) is 1. The first-order chi connectivity index (χ1) is 7.94. The highest BCUT2D eigenvalue weighted by Gasteiger charge is 2.31. The Hall–Kier alpha value is -1.11. The molecule has 1 aromatic carbocycles. The molecule has 0 amide bonds. The maximum absolute atomic E-state index is 11.8. The predicted molar refractivity (Wildman–Crippen MR) is 71.6 cm³/mol. The molecule has 1 nitrogen and oxygen atoms in total. The molecule has 1 aliphatic rings. The molecule has 0 heterocycles. The molecule has 1 atom stereocenters. The Morgan fingerprint density at radius 1 is 1.41 bits per heavy atom. The van der Waals surface area contributed by atoms with Gasteiger partial charge in [0.2, 0.25) is 0 Å². The van der Waals surface area contributed by atoms with Crippen molar-refractivity contribution < 1.29 is 4.79 Å². The Bertz CT molecular complexity index is 443. The summed E-state index contributed by atoms with van der Waals surface area (Å²) in [6, 6.07) is 6.29. The Morgan fingerprint density at radius 2 is 2.12 bits per heavy atom. The number of ketones is 1. The van der Waals surface area contributed by atoms with Crippen molar-refractivity contribution in [3.05, 3.63) is 34.9 Å². The molecule has 2 rings (SSSR count). The van der Waals surface area contributed by atoms with Crippen LogP contribution >= 0.6 is 0 Å². The molecule has 1 heteroatoms. The van der Waals surface area contributed by atoms with E-state index in [-0.39, 0.29) is 11.2 Å². The molecule has 92 valence electrons. The second-order valence-corrected chi connectivity index (χ2v) is 6.05. The fraction of sp³-hybridized carbons (Fsp3) is 0.562. The SMILES string of the molecule is CCC(=O)c1ccc2c(c1)C(C)(C)CC(C)C2. The largest absolute Gasteiger partial charge is 0.294 e. The van der Waals surface area contributed by atoms with E-state index in [2.05, 4.69) is 32.9 Å². The monoisotopic (exact) mass is 230 g/mol. The van der Waals surface area contributed by atoms with Crippen LogP contribution in [-0.4, -0.2) is 5.78 Å². The highest BCUT2D eigenvalue weighted by Crippen LogP contribution is 2.39. The number of benzene rings is 1. The quantitative estimate of drug-likeness (QED) is 0.698. The van der Waals surface area contributed by atoms with E-state index in [1.807, 2.05) is 13.0 Å². The number of hydrogen-bond acceptors (Lipinski definition) is 1. The van der Waals surface area contributed by atoms with Gasteiger partial charge in [0.25, 0.3) is 0 Å². The fourth-order valence-electron chi connectivity index (χ4n) is 3.19. The molecule has 0 aliphatic heterocycles. The van der Waals surface area contributed by atoms with Crippen LogP contribution in [0.5, 0.6) is 0 Å². The minimum Gasteiger partial charge on any atom is -0.294 e. The zero-order valence-electron chi connectivity index (χ0n) is 11.3. The molecule has 1 unspecified atom stereocenters. The highest BCUT2D eigenvalue weighted by molar-refractivity contribution is 5.96. The smallest absolute Gasteiger partial charge is 0.162 e. The van der Waals surface area contributed by atoms with Crippen LogP contribution in [0.1, 0.15) is 62.0 Å². The molecule has 0 aromatic heterocycles. The van der Waals surface area contributed by atoms with Gasteiger partial charge >= 0.3 is 0 Å². The zero-order chi connectivity index (χ0) is 12.6. The fourth-order valence-corrected chi connectivity index (χ4v) is 3.19. The van der Waals surface area contributed by atoms with Crippen LogP contribution in [0.3, 0.4) is 0 Å². The van der Waals surface area contributed by atoms with Crippen LogP contribution in [0, 0.1) is 5.92 Å². The van der Waals surface area contributed by atoms with Gasteiger partial charge in [0, 0.05) is 12.0 Å². The van der Waals surface area contributed by atoms with Crippen LogP contribution in [-0.2, 0) is 11.8 Å². The normalized spacial score (nSPS) is 22.0. The van der Waals surface area contributed by atoms with E-state index in [1.54, 1.807) is 0 Å². The lowest BCUT2D eigenvalue weighted by Crippen LogP contribution is -2.28. The summed E-state index contributed by atoms with van der Waals surface area (Å²) in [7, 11) is 0. The molecular formula is C16H22O. The minimum absolute atomic E-state index is 0.205. The third kappa shape index (κ3) is 2.29. The molecule has 17 heavy (non-hydrogen) atoms. The Balaban J connectivity index is 2.47. The number of fused-ring (bicyclic) bond motifs is 1. The highest BCUT2D eigenvalue weighted by atomic mass is 16.1. The number of carbonyl (C=O) groups excluding carboxylic acids is 1. The molecule has 0 bridgehead atoms. The van der Waals surface area contributed by atoms with E-state index in [0.717, 1.165) is 17.9 Å². The van der Waals surface area contributed by atoms with E-state index in [9.17, 15) is 4.79 Å². The van der Waals surface area contributed by atoms with E-state index in [0.29, 0.717) is 6.42 Å². The minimum atomic E-state index is 0.205. The Morgan fingerprint density at radius 3 is 2.76 bits per heavy atom. The molecule has 0 spiro atoms. The van der Waals surface area contributed by atoms with E-state index in [1.165, 1.54) is 17.5 Å². The van der Waals surface area contributed by atoms with Gasteiger partial charge in [-0.3, -0.25) is 4.79 Å². The Labute approximate surface area is 104 Å². The standard InChI is InChI=1S/C16H22O/c1-5-15(17)13-7-6-12-8-11(2)10-16(3,4)14(12)9-13/h6-7,9,11H,5,8,10H2,1-4H3. The maximum atomic E-state index is 11.8. The van der Waals surface area contributed by atoms with Crippen molar-refractivity contribution in [2.75, 3.05) is 0 Å². The van der Waals surface area contributed by atoms with Gasteiger partial charge < -0.3 is 0 Å². The summed E-state index contributed by atoms with van der Waals surface area (Å²) in [6.07, 6.45) is 2.96. The summed E-state index contributed by atoms with van der Waals surface area (Å²) in [5.41, 5.74) is 3.90. The van der Waals surface area contributed by atoms with Gasteiger partial charge in [-0.2, -0.15) is 0 Å². The zero-order valence-corrected chi connectivity index (χ0v) is 11.3. The van der Waals surface area contributed by atoms with Gasteiger partial charge in [0.1, 0.15) is 0 Å². The van der Waals surface area contributed by atoms with Crippen molar-refractivity contribution >= 4 is 5.78 Å². The molecule has 1 aromatic rings. The second-order valence-electron chi connectivity index (χ2n) is 6.05. The van der Waals surface area contributed by atoms with Gasteiger partial charge in [-0.1, -0.05) is 39.8 Å². The summed E-state index contributed by atoms with van der Waals surface area (Å²) in [6.45, 7) is 8.83. The third-order valence-electron chi connectivity index (χ3n) is 3.91. The first-order valence-electron chi connectivity index (χ1n) is 6.60. The maximum Gasteiger partial charge on any atom is 0.162 e. The molecule has 0 fully saturated rings. The second kappa shape index (κ2) is 4.29. The van der Waals surface area contributed by atoms with Crippen molar-refractivity contribution in [2.45, 2.75) is 52.4 Å². The molecule has 0 radical (unpaired) electrons. The Kier molecular flexibility index (Phi) is 3.11. The van der Waals surface area contributed by atoms with Gasteiger partial charge in [-0.25, -0.2) is 0 Å². The lowest BCUT2D eigenvalue weighted by atomic mass is 9.68. The topological polar surface area (TPSA) is 17.1 Å². The van der Waals surface area contributed by atoms with Crippen molar-refractivity contribution in [1.29, 1.82) is 0 Å². The number of rotatable bonds is 2. The number of carbonyl (C=O) groups is 1. The molecule has 0 saturated heterocycles. The van der Waals surface area contributed by atoms with E-state index < -0.39 is 0 Å². The lowest BCUT2D eigenvalue weighted by Gasteiger charge is -2.36. The van der Waals surface area contributed by atoms with Crippen LogP contribution in [0.25, 0.3) is 0 Å². The number of hydrogen-bond donors (Lipinski definition) is 0. The van der Waals surface area contributed by atoms with Gasteiger partial charge in [-0.15, -0.1) is 0 Å². The van der Waals surface area contributed by atoms with Crippen molar-refractivity contribution in [3.8, 4) is 0 Å². The van der Waals surface area contributed by atoms with Crippen molar-refractivity contribution in [1.82, 2.24) is 0 Å². The molecule has 1 aliphatic carbocycles. The van der Waals surface area contributed by atoms with Crippen molar-refractivity contribution in [3.63, 3.8) is 0 Å². The van der Waals surface area contributed by atoms with Crippen LogP contribution < -0.4 is 0 Å². The van der Waals surface area contributed by atoms with Crippen LogP contribution in [0.15, 0.2) is 18.2 Å². The molecule has 0 saturated carbocycles. The predicted octanol–water partition coefficient (Wildman–Crippen LogP) is 4.14. The summed E-state index contributed by atoms with van der Waals surface area (Å²) in [5, 5.41) is 0. The summed E-state index contributed by atoms with van der Waals surface area (Å²) >= 11 is 0. The molecular weight excluding hydrogens is 208 g/mol. The van der Waals surface area contributed by atoms with Gasteiger partial charge in [0.05, 0.1) is 0 Å². The summed E-state index contributed by atoms with van der Waals surface area (Å²) in [5.74, 6) is 0.993. The average Bonchev–Trinajstić information content (AvgIpc) is 2.26. The van der Waals surface area contributed by atoms with E-state index >= 15 is 0 Å². The first kappa shape index (κ1) is 12.3.